The Morgan fingerprint density at radius 1 is 1.03 bits per heavy atom. The van der Waals surface area contributed by atoms with Crippen molar-refractivity contribution < 1.29 is 13.2 Å². The SMILES string of the molecule is CC(C)c1ccc(S(=O)(=O)NC2CCN(CC(=O)Nc3ccccc3)CC2)cc1. The van der Waals surface area contributed by atoms with E-state index in [2.05, 4.69) is 28.8 Å². The monoisotopic (exact) mass is 415 g/mol. The van der Waals surface area contributed by atoms with Crippen LogP contribution in [0.5, 0.6) is 0 Å². The van der Waals surface area contributed by atoms with Crippen LogP contribution in [0.25, 0.3) is 0 Å². The highest BCUT2D eigenvalue weighted by molar-refractivity contribution is 7.89. The molecule has 1 aliphatic heterocycles. The van der Waals surface area contributed by atoms with E-state index in [-0.39, 0.29) is 11.9 Å². The van der Waals surface area contributed by atoms with E-state index in [1.54, 1.807) is 12.1 Å². The lowest BCUT2D eigenvalue weighted by molar-refractivity contribution is -0.117. The molecule has 2 aromatic carbocycles. The minimum absolute atomic E-state index is 0.0551. The van der Waals surface area contributed by atoms with E-state index in [4.69, 9.17) is 0 Å². The summed E-state index contributed by atoms with van der Waals surface area (Å²) < 4.78 is 28.1. The van der Waals surface area contributed by atoms with Gasteiger partial charge in [0.1, 0.15) is 0 Å². The molecule has 156 valence electrons. The summed E-state index contributed by atoms with van der Waals surface area (Å²) in [5.41, 5.74) is 1.90. The van der Waals surface area contributed by atoms with Crippen LogP contribution in [0.2, 0.25) is 0 Å². The lowest BCUT2D eigenvalue weighted by Gasteiger charge is -2.31. The van der Waals surface area contributed by atoms with Gasteiger partial charge in [-0.3, -0.25) is 9.69 Å². The lowest BCUT2D eigenvalue weighted by Crippen LogP contribution is -2.46. The number of nitrogens with one attached hydrogen (secondary N) is 2. The van der Waals surface area contributed by atoms with Crippen molar-refractivity contribution >= 4 is 21.6 Å². The van der Waals surface area contributed by atoms with Gasteiger partial charge in [-0.1, -0.05) is 44.2 Å². The highest BCUT2D eigenvalue weighted by atomic mass is 32.2. The Morgan fingerprint density at radius 3 is 2.24 bits per heavy atom. The molecule has 29 heavy (non-hydrogen) atoms. The smallest absolute Gasteiger partial charge is 0.240 e. The quantitative estimate of drug-likeness (QED) is 0.728. The highest BCUT2D eigenvalue weighted by Gasteiger charge is 2.25. The second kappa shape index (κ2) is 9.52. The summed E-state index contributed by atoms with van der Waals surface area (Å²) in [6, 6.07) is 16.3. The molecule has 7 heteroatoms. The van der Waals surface area contributed by atoms with Gasteiger partial charge in [-0.05, 0) is 48.6 Å². The second-order valence-electron chi connectivity index (χ2n) is 7.81. The number of hydrogen-bond donors (Lipinski definition) is 2. The Labute approximate surface area is 173 Å². The summed E-state index contributed by atoms with van der Waals surface area (Å²) in [4.78, 5) is 14.5. The summed E-state index contributed by atoms with van der Waals surface area (Å²) in [6.07, 6.45) is 1.36. The Kier molecular flexibility index (Phi) is 7.05. The number of piperidine rings is 1. The molecule has 0 radical (unpaired) electrons. The summed E-state index contributed by atoms with van der Waals surface area (Å²) in [6.45, 7) is 5.83. The zero-order chi connectivity index (χ0) is 20.9. The number of likely N-dealkylation sites (tertiary alicyclic amines) is 1. The molecule has 2 aromatic rings. The van der Waals surface area contributed by atoms with Gasteiger partial charge in [-0.2, -0.15) is 0 Å². The number of amides is 1. The average Bonchev–Trinajstić information content (AvgIpc) is 2.70. The third kappa shape index (κ3) is 6.13. The number of rotatable bonds is 7. The highest BCUT2D eigenvalue weighted by Crippen LogP contribution is 2.19. The first-order valence-corrected chi connectivity index (χ1v) is 11.5. The molecule has 1 heterocycles. The molecule has 0 bridgehead atoms. The first-order chi connectivity index (χ1) is 13.8. The fraction of sp³-hybridized carbons (Fsp3) is 0.409. The number of carbonyl (C=O) groups is 1. The molecule has 2 N–H and O–H groups in total. The predicted molar refractivity (Wildman–Crippen MR) is 115 cm³/mol. The van der Waals surface area contributed by atoms with Gasteiger partial charge in [-0.15, -0.1) is 0 Å². The number of para-hydroxylation sites is 1. The maximum absolute atomic E-state index is 12.7. The molecule has 0 saturated carbocycles. The number of nitrogens with zero attached hydrogens (tertiary/aromatic N) is 1. The van der Waals surface area contributed by atoms with Gasteiger partial charge >= 0.3 is 0 Å². The van der Waals surface area contributed by atoms with Crippen molar-refractivity contribution in [2.24, 2.45) is 0 Å². The first-order valence-electron chi connectivity index (χ1n) is 10.0. The number of anilines is 1. The van der Waals surface area contributed by atoms with E-state index in [0.29, 0.717) is 43.3 Å². The van der Waals surface area contributed by atoms with E-state index >= 15 is 0 Å². The van der Waals surface area contributed by atoms with Crippen molar-refractivity contribution in [2.45, 2.75) is 43.5 Å². The standard InChI is InChI=1S/C22H29N3O3S/c1-17(2)18-8-10-21(11-9-18)29(27,28)24-20-12-14-25(15-13-20)16-22(26)23-19-6-4-3-5-7-19/h3-11,17,20,24H,12-16H2,1-2H3,(H,23,26). The molecular weight excluding hydrogens is 386 g/mol. The van der Waals surface area contributed by atoms with Crippen LogP contribution in [0.15, 0.2) is 59.5 Å². The van der Waals surface area contributed by atoms with E-state index in [1.165, 1.54) is 0 Å². The number of sulfonamides is 1. The molecule has 6 nitrogen and oxygen atoms in total. The fourth-order valence-electron chi connectivity index (χ4n) is 3.45. The topological polar surface area (TPSA) is 78.5 Å². The fourth-order valence-corrected chi connectivity index (χ4v) is 4.76. The molecule has 1 saturated heterocycles. The number of carbonyl (C=O) groups excluding carboxylic acids is 1. The molecule has 0 unspecified atom stereocenters. The van der Waals surface area contributed by atoms with Gasteiger partial charge in [0.2, 0.25) is 15.9 Å². The van der Waals surface area contributed by atoms with Crippen LogP contribution in [0, 0.1) is 0 Å². The van der Waals surface area contributed by atoms with Crippen LogP contribution in [0.4, 0.5) is 5.69 Å². The third-order valence-corrected chi connectivity index (χ3v) is 6.73. The van der Waals surface area contributed by atoms with Gasteiger partial charge in [0.05, 0.1) is 11.4 Å². The molecule has 1 fully saturated rings. The summed E-state index contributed by atoms with van der Waals surface area (Å²) in [5, 5.41) is 2.88. The maximum Gasteiger partial charge on any atom is 0.240 e. The zero-order valence-corrected chi connectivity index (χ0v) is 17.8. The molecule has 3 rings (SSSR count). The molecular formula is C22H29N3O3S. The number of benzene rings is 2. The van der Waals surface area contributed by atoms with Crippen molar-refractivity contribution in [1.82, 2.24) is 9.62 Å². The van der Waals surface area contributed by atoms with E-state index in [9.17, 15) is 13.2 Å². The molecule has 1 amide bonds. The minimum atomic E-state index is -3.53. The van der Waals surface area contributed by atoms with Crippen molar-refractivity contribution in [3.05, 3.63) is 60.2 Å². The Bertz CT molecular complexity index is 904. The Hall–Kier alpha value is -2.22. The van der Waals surface area contributed by atoms with Crippen molar-refractivity contribution in [2.75, 3.05) is 25.0 Å². The van der Waals surface area contributed by atoms with Gasteiger partial charge < -0.3 is 5.32 Å². The van der Waals surface area contributed by atoms with Crippen molar-refractivity contribution in [3.63, 3.8) is 0 Å². The lowest BCUT2D eigenvalue weighted by atomic mass is 10.0. The average molecular weight is 416 g/mol. The van der Waals surface area contributed by atoms with Crippen LogP contribution in [-0.2, 0) is 14.8 Å². The Morgan fingerprint density at radius 2 is 1.66 bits per heavy atom. The van der Waals surface area contributed by atoms with Gasteiger partial charge in [0, 0.05) is 24.8 Å². The van der Waals surface area contributed by atoms with Gasteiger partial charge in [-0.25, -0.2) is 13.1 Å². The van der Waals surface area contributed by atoms with Gasteiger partial charge in [0.15, 0.2) is 0 Å². The summed E-state index contributed by atoms with van der Waals surface area (Å²) >= 11 is 0. The maximum atomic E-state index is 12.7. The largest absolute Gasteiger partial charge is 0.325 e. The number of hydrogen-bond acceptors (Lipinski definition) is 4. The van der Waals surface area contributed by atoms with Crippen LogP contribution in [0.3, 0.4) is 0 Å². The normalized spacial score (nSPS) is 16.1. The van der Waals surface area contributed by atoms with Crippen LogP contribution in [0.1, 0.15) is 38.2 Å². The molecule has 0 spiro atoms. The van der Waals surface area contributed by atoms with E-state index in [0.717, 1.165) is 11.3 Å². The van der Waals surface area contributed by atoms with Crippen LogP contribution in [-0.4, -0.2) is 44.9 Å². The minimum Gasteiger partial charge on any atom is -0.325 e. The molecule has 0 aromatic heterocycles. The Balaban J connectivity index is 1.48. The van der Waals surface area contributed by atoms with Crippen LogP contribution >= 0.6 is 0 Å². The molecule has 1 aliphatic rings. The predicted octanol–water partition coefficient (Wildman–Crippen LogP) is 3.19. The zero-order valence-electron chi connectivity index (χ0n) is 17.0. The third-order valence-electron chi connectivity index (χ3n) is 5.19. The van der Waals surface area contributed by atoms with E-state index < -0.39 is 10.0 Å². The molecule has 0 aliphatic carbocycles. The second-order valence-corrected chi connectivity index (χ2v) is 9.52. The summed E-state index contributed by atoms with van der Waals surface area (Å²) in [7, 11) is -3.53. The van der Waals surface area contributed by atoms with Crippen molar-refractivity contribution in [1.29, 1.82) is 0 Å². The van der Waals surface area contributed by atoms with Crippen molar-refractivity contribution in [3.8, 4) is 0 Å². The van der Waals surface area contributed by atoms with Gasteiger partial charge in [0.25, 0.3) is 0 Å². The summed E-state index contributed by atoms with van der Waals surface area (Å²) in [5.74, 6) is 0.309. The first kappa shape index (κ1) is 21.5. The molecule has 0 atom stereocenters. The van der Waals surface area contributed by atoms with E-state index in [1.807, 2.05) is 42.5 Å². The van der Waals surface area contributed by atoms with Crippen LogP contribution < -0.4 is 10.0 Å².